The third-order valence-corrected chi connectivity index (χ3v) is 3.54. The van der Waals surface area contributed by atoms with Crippen LogP contribution in [0.15, 0.2) is 0 Å². The van der Waals surface area contributed by atoms with Crippen LogP contribution in [0.2, 0.25) is 0 Å². The van der Waals surface area contributed by atoms with E-state index in [0.29, 0.717) is 6.10 Å². The van der Waals surface area contributed by atoms with Gasteiger partial charge >= 0.3 is 0 Å². The maximum atomic E-state index is 5.33. The van der Waals surface area contributed by atoms with Crippen LogP contribution in [0.5, 0.6) is 0 Å². The number of methoxy groups -OCH3 is 1. The van der Waals surface area contributed by atoms with Gasteiger partial charge in [0.2, 0.25) is 0 Å². The molecule has 0 amide bonds. The highest BCUT2D eigenvalue weighted by Gasteiger charge is 2.22. The molecule has 14 heavy (non-hydrogen) atoms. The molecule has 0 aromatic rings. The summed E-state index contributed by atoms with van der Waals surface area (Å²) in [4.78, 5) is 2.60. The minimum absolute atomic E-state index is 0.367. The average molecular weight is 264 g/mol. The van der Waals surface area contributed by atoms with Crippen LogP contribution in [-0.2, 0) is 4.74 Å². The Morgan fingerprint density at radius 1 is 1.50 bits per heavy atom. The second kappa shape index (κ2) is 6.81. The Balaban J connectivity index is 2.37. The molecule has 0 spiro atoms. The number of rotatable bonds is 5. The summed E-state index contributed by atoms with van der Waals surface area (Å²) in [5.41, 5.74) is 0. The average Bonchev–Trinajstić information content (AvgIpc) is 2.21. The molecule has 1 fully saturated rings. The van der Waals surface area contributed by atoms with Gasteiger partial charge in [0, 0.05) is 25.0 Å². The van der Waals surface area contributed by atoms with Crippen molar-refractivity contribution in [3.8, 4) is 0 Å². The quantitative estimate of drug-likeness (QED) is 0.708. The van der Waals surface area contributed by atoms with Crippen LogP contribution < -0.4 is 0 Å². The van der Waals surface area contributed by atoms with Gasteiger partial charge in [-0.25, -0.2) is 0 Å². The highest BCUT2D eigenvalue weighted by Crippen LogP contribution is 2.20. The summed E-state index contributed by atoms with van der Waals surface area (Å²) in [5.74, 6) is 0. The van der Waals surface area contributed by atoms with Gasteiger partial charge in [-0.05, 0) is 32.7 Å². The predicted octanol–water partition coefficient (Wildman–Crippen LogP) is 2.66. The summed E-state index contributed by atoms with van der Waals surface area (Å²) in [5, 5.41) is 1.12. The van der Waals surface area contributed by atoms with Gasteiger partial charge in [0.1, 0.15) is 0 Å². The Morgan fingerprint density at radius 2 is 2.29 bits per heavy atom. The fourth-order valence-corrected chi connectivity index (χ4v) is 2.69. The zero-order valence-corrected chi connectivity index (χ0v) is 10.9. The van der Waals surface area contributed by atoms with Crippen LogP contribution in [0, 0.1) is 0 Å². The van der Waals surface area contributed by atoms with Gasteiger partial charge in [-0.1, -0.05) is 22.4 Å². The lowest BCUT2D eigenvalue weighted by molar-refractivity contribution is 0.0457. The molecule has 1 aliphatic heterocycles. The maximum Gasteiger partial charge on any atom is 0.0670 e. The van der Waals surface area contributed by atoms with E-state index in [1.807, 2.05) is 0 Å². The fraction of sp³-hybridized carbons (Fsp3) is 1.00. The van der Waals surface area contributed by atoms with Crippen molar-refractivity contribution < 1.29 is 4.74 Å². The van der Waals surface area contributed by atoms with Crippen LogP contribution in [0.25, 0.3) is 0 Å². The van der Waals surface area contributed by atoms with Crippen LogP contribution in [0.1, 0.15) is 32.6 Å². The summed E-state index contributed by atoms with van der Waals surface area (Å²) < 4.78 is 5.33. The molecule has 1 rings (SSSR count). The third-order valence-electron chi connectivity index (χ3n) is 3.09. The molecule has 0 aliphatic carbocycles. The van der Waals surface area contributed by atoms with Crippen LogP contribution in [0.3, 0.4) is 0 Å². The summed E-state index contributed by atoms with van der Waals surface area (Å²) >= 11 is 3.54. The molecular formula is C11H22BrNO. The lowest BCUT2D eigenvalue weighted by Gasteiger charge is -2.36. The first-order chi connectivity index (χ1) is 6.77. The Kier molecular flexibility index (Phi) is 6.06. The first-order valence-corrected chi connectivity index (χ1v) is 6.73. The first-order valence-electron chi connectivity index (χ1n) is 5.60. The van der Waals surface area contributed by atoms with Crippen molar-refractivity contribution in [1.82, 2.24) is 4.90 Å². The van der Waals surface area contributed by atoms with E-state index in [2.05, 4.69) is 27.8 Å². The zero-order chi connectivity index (χ0) is 10.4. The van der Waals surface area contributed by atoms with Crippen molar-refractivity contribution in [2.75, 3.05) is 25.5 Å². The fourth-order valence-electron chi connectivity index (χ4n) is 2.16. The lowest BCUT2D eigenvalue weighted by atomic mass is 10.00. The summed E-state index contributed by atoms with van der Waals surface area (Å²) in [6, 6.07) is 0.778. The Hall–Kier alpha value is 0.400. The summed E-state index contributed by atoms with van der Waals surface area (Å²) in [6.07, 6.45) is 5.76. The molecule has 0 radical (unpaired) electrons. The number of nitrogens with zero attached hydrogens (tertiary/aromatic N) is 1. The Morgan fingerprint density at radius 3 is 2.93 bits per heavy atom. The van der Waals surface area contributed by atoms with E-state index in [-0.39, 0.29) is 0 Å². The van der Waals surface area contributed by atoms with Crippen LogP contribution in [-0.4, -0.2) is 42.6 Å². The van der Waals surface area contributed by atoms with E-state index >= 15 is 0 Å². The standard InChI is InChI=1S/C11H22BrNO/c1-10(14-2)9-13-8-4-3-5-11(13)6-7-12/h10-11H,3-9H2,1-2H3. The molecule has 3 heteroatoms. The molecule has 0 bridgehead atoms. The molecule has 1 saturated heterocycles. The molecule has 0 aromatic heterocycles. The number of halogens is 1. The molecule has 2 atom stereocenters. The molecule has 2 nitrogen and oxygen atoms in total. The predicted molar refractivity (Wildman–Crippen MR) is 64.1 cm³/mol. The number of alkyl halides is 1. The van der Waals surface area contributed by atoms with E-state index in [1.165, 1.54) is 32.2 Å². The van der Waals surface area contributed by atoms with E-state index in [1.54, 1.807) is 7.11 Å². The summed E-state index contributed by atoms with van der Waals surface area (Å²) in [7, 11) is 1.80. The normalized spacial score (nSPS) is 26.4. The number of ether oxygens (including phenoxy) is 1. The number of hydrogen-bond acceptors (Lipinski definition) is 2. The lowest BCUT2D eigenvalue weighted by Crippen LogP contribution is -2.43. The van der Waals surface area contributed by atoms with Crippen LogP contribution in [0.4, 0.5) is 0 Å². The summed E-state index contributed by atoms with van der Waals surface area (Å²) in [6.45, 7) is 4.50. The van der Waals surface area contributed by atoms with Gasteiger partial charge < -0.3 is 4.74 Å². The second-order valence-electron chi connectivity index (χ2n) is 4.17. The van der Waals surface area contributed by atoms with Gasteiger partial charge in [0.15, 0.2) is 0 Å². The smallest absolute Gasteiger partial charge is 0.0670 e. The molecule has 1 heterocycles. The van der Waals surface area contributed by atoms with Gasteiger partial charge in [-0.2, -0.15) is 0 Å². The van der Waals surface area contributed by atoms with Gasteiger partial charge in [0.05, 0.1) is 6.10 Å². The topological polar surface area (TPSA) is 12.5 Å². The highest BCUT2D eigenvalue weighted by molar-refractivity contribution is 9.09. The van der Waals surface area contributed by atoms with Gasteiger partial charge in [0.25, 0.3) is 0 Å². The van der Waals surface area contributed by atoms with Crippen molar-refractivity contribution >= 4 is 15.9 Å². The van der Waals surface area contributed by atoms with Gasteiger partial charge in [-0.3, -0.25) is 4.90 Å². The maximum absolute atomic E-state index is 5.33. The van der Waals surface area contributed by atoms with E-state index in [0.717, 1.165) is 17.9 Å². The second-order valence-corrected chi connectivity index (χ2v) is 4.96. The monoisotopic (exact) mass is 263 g/mol. The highest BCUT2D eigenvalue weighted by atomic mass is 79.9. The molecular weight excluding hydrogens is 242 g/mol. The number of likely N-dealkylation sites (tertiary alicyclic amines) is 1. The molecule has 0 N–H and O–H groups in total. The molecule has 0 saturated carbocycles. The van der Waals surface area contributed by atoms with E-state index in [9.17, 15) is 0 Å². The third kappa shape index (κ3) is 3.87. The SMILES string of the molecule is COC(C)CN1CCCCC1CCBr. The molecule has 2 unspecified atom stereocenters. The zero-order valence-electron chi connectivity index (χ0n) is 9.34. The van der Waals surface area contributed by atoms with Crippen molar-refractivity contribution in [1.29, 1.82) is 0 Å². The van der Waals surface area contributed by atoms with Crippen molar-refractivity contribution in [3.05, 3.63) is 0 Å². The van der Waals surface area contributed by atoms with Crippen molar-refractivity contribution in [2.45, 2.75) is 44.8 Å². The molecule has 1 aliphatic rings. The van der Waals surface area contributed by atoms with Crippen LogP contribution >= 0.6 is 15.9 Å². The van der Waals surface area contributed by atoms with E-state index < -0.39 is 0 Å². The molecule has 0 aromatic carbocycles. The van der Waals surface area contributed by atoms with E-state index in [4.69, 9.17) is 4.74 Å². The minimum atomic E-state index is 0.367. The van der Waals surface area contributed by atoms with Gasteiger partial charge in [-0.15, -0.1) is 0 Å². The van der Waals surface area contributed by atoms with Crippen molar-refractivity contribution in [2.24, 2.45) is 0 Å². The largest absolute Gasteiger partial charge is 0.380 e. The first kappa shape index (κ1) is 12.5. The Labute approximate surface area is 96.1 Å². The number of hydrogen-bond donors (Lipinski definition) is 0. The molecule has 84 valence electrons. The Bertz CT molecular complexity index is 152. The minimum Gasteiger partial charge on any atom is -0.380 e. The van der Waals surface area contributed by atoms with Crippen molar-refractivity contribution in [3.63, 3.8) is 0 Å². The number of piperidine rings is 1.